The molecular formula is C63H93NO9. The van der Waals surface area contributed by atoms with Gasteiger partial charge in [0.15, 0.2) is 6.29 Å². The molecule has 4 aromatic rings. The highest BCUT2D eigenvalue weighted by atomic mass is 16.7. The van der Waals surface area contributed by atoms with Gasteiger partial charge in [-0.1, -0.05) is 257 Å². The van der Waals surface area contributed by atoms with Crippen LogP contribution in [0, 0.1) is 0 Å². The van der Waals surface area contributed by atoms with Crippen molar-refractivity contribution < 1.29 is 43.4 Å². The molecule has 5 rings (SSSR count). The molecule has 0 bridgehead atoms. The normalized spacial score (nSPS) is 19.1. The van der Waals surface area contributed by atoms with Gasteiger partial charge in [0.1, 0.15) is 30.5 Å². The highest BCUT2D eigenvalue weighted by Crippen LogP contribution is 2.32. The van der Waals surface area contributed by atoms with Crippen LogP contribution in [0.15, 0.2) is 121 Å². The van der Waals surface area contributed by atoms with E-state index in [1.54, 1.807) is 0 Å². The smallest absolute Gasteiger partial charge is 0.220 e. The molecule has 8 atom stereocenters. The first kappa shape index (κ1) is 59.9. The topological polar surface area (TPSA) is 125 Å². The number of benzene rings is 4. The van der Waals surface area contributed by atoms with E-state index in [1.165, 1.54) is 122 Å². The SMILES string of the molecule is CCCCCCCCCCCCCCCCCCCCCCCC(=O)N[C@@H](COC1OC(COCc2ccccc2)C(OCc2ccccc2)C(OCc2ccccc2)C1OCc1ccccc1)[C@H](O)[C@@H](C)O. The van der Waals surface area contributed by atoms with Crippen LogP contribution in [0.1, 0.15) is 177 Å². The molecule has 0 saturated carbocycles. The maximum Gasteiger partial charge on any atom is 0.220 e. The Hall–Kier alpha value is -3.97. The Kier molecular flexibility index (Phi) is 30.9. The van der Waals surface area contributed by atoms with E-state index in [4.69, 9.17) is 28.4 Å². The third kappa shape index (κ3) is 25.0. The Morgan fingerprint density at radius 2 is 0.863 bits per heavy atom. The summed E-state index contributed by atoms with van der Waals surface area (Å²) in [6, 6.07) is 38.9. The lowest BCUT2D eigenvalue weighted by atomic mass is 9.97. The molecular weight excluding hydrogens is 915 g/mol. The number of carbonyl (C=O) groups excluding carboxylic acids is 1. The molecule has 1 heterocycles. The lowest BCUT2D eigenvalue weighted by Crippen LogP contribution is -2.62. The minimum Gasteiger partial charge on any atom is -0.391 e. The van der Waals surface area contributed by atoms with E-state index < -0.39 is 49.0 Å². The Morgan fingerprint density at radius 3 is 1.27 bits per heavy atom. The second kappa shape index (κ2) is 37.7. The van der Waals surface area contributed by atoms with Crippen LogP contribution in [0.3, 0.4) is 0 Å². The van der Waals surface area contributed by atoms with Crippen molar-refractivity contribution in [2.45, 2.75) is 230 Å². The van der Waals surface area contributed by atoms with E-state index in [1.807, 2.05) is 121 Å². The van der Waals surface area contributed by atoms with Gasteiger partial charge in [-0.15, -0.1) is 0 Å². The number of hydrogen-bond donors (Lipinski definition) is 3. The van der Waals surface area contributed by atoms with Crippen LogP contribution in [-0.2, 0) is 59.6 Å². The number of carbonyl (C=O) groups is 1. The van der Waals surface area contributed by atoms with Crippen molar-refractivity contribution in [2.75, 3.05) is 13.2 Å². The van der Waals surface area contributed by atoms with Crippen molar-refractivity contribution in [3.05, 3.63) is 144 Å². The minimum absolute atomic E-state index is 0.154. The summed E-state index contributed by atoms with van der Waals surface area (Å²) in [5.74, 6) is -0.196. The number of rotatable bonds is 41. The Labute approximate surface area is 440 Å². The van der Waals surface area contributed by atoms with Gasteiger partial charge < -0.3 is 44.0 Å². The van der Waals surface area contributed by atoms with Crippen molar-refractivity contribution in [3.63, 3.8) is 0 Å². The monoisotopic (exact) mass is 1010 g/mol. The van der Waals surface area contributed by atoms with E-state index in [0.29, 0.717) is 19.6 Å². The summed E-state index contributed by atoms with van der Waals surface area (Å²) in [4.78, 5) is 13.5. The molecule has 1 fully saturated rings. The lowest BCUT2D eigenvalue weighted by Gasteiger charge is -2.46. The Balaban J connectivity index is 1.14. The summed E-state index contributed by atoms with van der Waals surface area (Å²) in [5.41, 5.74) is 3.94. The molecule has 10 heteroatoms. The third-order valence-corrected chi connectivity index (χ3v) is 14.0. The molecule has 0 aromatic heterocycles. The van der Waals surface area contributed by atoms with Gasteiger partial charge in [0.2, 0.25) is 5.91 Å². The molecule has 73 heavy (non-hydrogen) atoms. The summed E-state index contributed by atoms with van der Waals surface area (Å²) in [6.45, 7) is 4.94. The average Bonchev–Trinajstić information content (AvgIpc) is 3.42. The van der Waals surface area contributed by atoms with Gasteiger partial charge in [-0.2, -0.15) is 0 Å². The number of amides is 1. The molecule has 0 aliphatic carbocycles. The zero-order valence-corrected chi connectivity index (χ0v) is 44.7. The van der Waals surface area contributed by atoms with E-state index in [-0.39, 0.29) is 32.3 Å². The summed E-state index contributed by atoms with van der Waals surface area (Å²) >= 11 is 0. The van der Waals surface area contributed by atoms with Crippen molar-refractivity contribution in [3.8, 4) is 0 Å². The molecule has 0 spiro atoms. The van der Waals surface area contributed by atoms with Crippen LogP contribution in [-0.4, -0.2) is 78.3 Å². The zero-order valence-electron chi connectivity index (χ0n) is 44.7. The predicted molar refractivity (Wildman–Crippen MR) is 293 cm³/mol. The van der Waals surface area contributed by atoms with Crippen molar-refractivity contribution in [2.24, 2.45) is 0 Å². The van der Waals surface area contributed by atoms with Gasteiger partial charge in [0.25, 0.3) is 0 Å². The van der Waals surface area contributed by atoms with Gasteiger partial charge in [0, 0.05) is 6.42 Å². The van der Waals surface area contributed by atoms with Gasteiger partial charge in [-0.3, -0.25) is 4.79 Å². The molecule has 3 N–H and O–H groups in total. The fourth-order valence-electron chi connectivity index (χ4n) is 9.64. The average molecular weight is 1010 g/mol. The highest BCUT2D eigenvalue weighted by molar-refractivity contribution is 5.76. The highest BCUT2D eigenvalue weighted by Gasteiger charge is 2.49. The second-order valence-electron chi connectivity index (χ2n) is 20.4. The van der Waals surface area contributed by atoms with Crippen LogP contribution in [0.4, 0.5) is 0 Å². The standard InChI is InChI=1S/C63H93NO9/c1-3-4-5-6-7-8-9-10-11-12-13-14-15-16-17-18-19-20-21-22-35-44-58(66)64-56(59(67)51(2)65)49-72-63-62(71-48-55-42-33-26-34-43-55)61(70-47-54-40-31-25-32-41-54)60(69-46-53-38-29-24-30-39-53)57(73-63)50-68-45-52-36-27-23-28-37-52/h23-34,36-43,51,56-57,59-63,65,67H,3-22,35,44-50H2,1-2H3,(H,64,66)/t51-,56+,57?,59-,60?,61?,62?,63?/m1/s1. The largest absolute Gasteiger partial charge is 0.391 e. The maximum atomic E-state index is 13.5. The molecule has 1 aliphatic rings. The fourth-order valence-corrected chi connectivity index (χ4v) is 9.64. The molecule has 1 amide bonds. The van der Waals surface area contributed by atoms with Crippen LogP contribution in [0.5, 0.6) is 0 Å². The molecule has 4 aromatic carbocycles. The summed E-state index contributed by atoms with van der Waals surface area (Å²) in [7, 11) is 0. The van der Waals surface area contributed by atoms with Crippen LogP contribution in [0.25, 0.3) is 0 Å². The molecule has 1 aliphatic heterocycles. The van der Waals surface area contributed by atoms with E-state index >= 15 is 0 Å². The van der Waals surface area contributed by atoms with E-state index in [2.05, 4.69) is 12.2 Å². The van der Waals surface area contributed by atoms with Crippen LogP contribution in [0.2, 0.25) is 0 Å². The summed E-state index contributed by atoms with van der Waals surface area (Å²) < 4.78 is 40.2. The number of nitrogens with one attached hydrogen (secondary N) is 1. The number of aliphatic hydroxyl groups excluding tert-OH is 2. The first-order valence-electron chi connectivity index (χ1n) is 28.4. The molecule has 5 unspecified atom stereocenters. The zero-order chi connectivity index (χ0) is 51.4. The summed E-state index contributed by atoms with van der Waals surface area (Å²) in [6.07, 6.45) is 21.3. The Bertz CT molecular complexity index is 1920. The predicted octanol–water partition coefficient (Wildman–Crippen LogP) is 13.5. The number of aliphatic hydroxyl groups is 2. The summed E-state index contributed by atoms with van der Waals surface area (Å²) in [5, 5.41) is 24.9. The first-order valence-corrected chi connectivity index (χ1v) is 28.4. The van der Waals surface area contributed by atoms with Gasteiger partial charge in [0.05, 0.1) is 51.8 Å². The quantitative estimate of drug-likeness (QED) is 0.0373. The molecule has 0 radical (unpaired) electrons. The third-order valence-electron chi connectivity index (χ3n) is 14.0. The number of ether oxygens (including phenoxy) is 6. The van der Waals surface area contributed by atoms with Gasteiger partial charge in [-0.05, 0) is 35.6 Å². The number of unbranched alkanes of at least 4 members (excludes halogenated alkanes) is 20. The maximum absolute atomic E-state index is 13.5. The van der Waals surface area contributed by atoms with Gasteiger partial charge in [-0.25, -0.2) is 0 Å². The number of hydrogen-bond acceptors (Lipinski definition) is 9. The molecule has 404 valence electrons. The van der Waals surface area contributed by atoms with E-state index in [0.717, 1.165) is 41.5 Å². The van der Waals surface area contributed by atoms with Crippen molar-refractivity contribution in [1.82, 2.24) is 5.32 Å². The van der Waals surface area contributed by atoms with Crippen LogP contribution < -0.4 is 5.32 Å². The fraction of sp³-hybridized carbons (Fsp3) is 0.603. The molecule has 10 nitrogen and oxygen atoms in total. The minimum atomic E-state index is -1.30. The van der Waals surface area contributed by atoms with Crippen molar-refractivity contribution >= 4 is 5.91 Å². The second-order valence-corrected chi connectivity index (χ2v) is 20.4. The lowest BCUT2D eigenvalue weighted by molar-refractivity contribution is -0.329. The van der Waals surface area contributed by atoms with Crippen LogP contribution >= 0.6 is 0 Å². The van der Waals surface area contributed by atoms with Crippen molar-refractivity contribution in [1.29, 1.82) is 0 Å². The first-order chi connectivity index (χ1) is 35.9. The molecule has 1 saturated heterocycles. The van der Waals surface area contributed by atoms with Gasteiger partial charge >= 0.3 is 0 Å². The Morgan fingerprint density at radius 1 is 0.493 bits per heavy atom. The van der Waals surface area contributed by atoms with E-state index in [9.17, 15) is 15.0 Å².